The molecule has 0 aliphatic rings. The SMILES string of the molecule is c1ccc(-c2ccc(-n3c4ccccc4c4ccc(-n5c6ccccc6c6ccc7c8ccccc8n(-c8ccc9c%10ccccc%10n(-c%10ccccc%10)c9c8)c7c65)cc43)cc2)cc1. The van der Waals surface area contributed by atoms with Crippen molar-refractivity contribution in [3.8, 4) is 33.9 Å². The Bertz CT molecular complexity index is 4160. The van der Waals surface area contributed by atoms with E-state index < -0.39 is 0 Å². The predicted octanol–water partition coefficient (Wildman–Crippen LogP) is 15.7. The van der Waals surface area contributed by atoms with Crippen LogP contribution in [0.2, 0.25) is 0 Å². The Morgan fingerprint density at radius 3 is 0.969 bits per heavy atom. The third-order valence-electron chi connectivity index (χ3n) is 13.5. The van der Waals surface area contributed by atoms with Crippen molar-refractivity contribution in [1.29, 1.82) is 0 Å². The summed E-state index contributed by atoms with van der Waals surface area (Å²) in [6.07, 6.45) is 0. The highest BCUT2D eigenvalue weighted by molar-refractivity contribution is 6.24. The van der Waals surface area contributed by atoms with E-state index in [9.17, 15) is 0 Å². The van der Waals surface area contributed by atoms with Crippen molar-refractivity contribution in [3.05, 3.63) is 231 Å². The van der Waals surface area contributed by atoms with E-state index in [1.807, 2.05) is 0 Å². The first kappa shape index (κ1) is 35.0. The van der Waals surface area contributed by atoms with Gasteiger partial charge in [0, 0.05) is 65.8 Å². The number of fused-ring (bicyclic) bond motifs is 13. The molecule has 298 valence electrons. The van der Waals surface area contributed by atoms with E-state index in [1.165, 1.54) is 98.4 Å². The number of para-hydroxylation sites is 5. The summed E-state index contributed by atoms with van der Waals surface area (Å²) >= 11 is 0. The van der Waals surface area contributed by atoms with Gasteiger partial charge < -0.3 is 18.3 Å². The minimum Gasteiger partial charge on any atom is -0.309 e. The molecule has 0 aliphatic carbocycles. The molecule has 0 bridgehead atoms. The molecule has 0 fully saturated rings. The minimum atomic E-state index is 1.12. The van der Waals surface area contributed by atoms with Gasteiger partial charge >= 0.3 is 0 Å². The Labute approximate surface area is 368 Å². The van der Waals surface area contributed by atoms with Crippen molar-refractivity contribution in [2.45, 2.75) is 0 Å². The quantitative estimate of drug-likeness (QED) is 0.165. The van der Waals surface area contributed by atoms with E-state index in [0.717, 1.165) is 22.7 Å². The van der Waals surface area contributed by atoms with Crippen LogP contribution in [0, 0.1) is 0 Å². The third kappa shape index (κ3) is 4.93. The van der Waals surface area contributed by atoms with Crippen molar-refractivity contribution in [1.82, 2.24) is 18.3 Å². The minimum absolute atomic E-state index is 1.12. The number of hydrogen-bond donors (Lipinski definition) is 0. The van der Waals surface area contributed by atoms with Crippen LogP contribution in [-0.4, -0.2) is 18.3 Å². The van der Waals surface area contributed by atoms with Crippen molar-refractivity contribution in [3.63, 3.8) is 0 Å². The molecule has 0 amide bonds. The number of benzene rings is 10. The van der Waals surface area contributed by atoms with Gasteiger partial charge in [0.1, 0.15) is 0 Å². The maximum absolute atomic E-state index is 2.52. The van der Waals surface area contributed by atoms with Gasteiger partial charge in [-0.05, 0) is 83.9 Å². The van der Waals surface area contributed by atoms with Crippen LogP contribution in [-0.2, 0) is 0 Å². The molecule has 4 heterocycles. The highest BCUT2D eigenvalue weighted by atomic mass is 15.1. The number of nitrogens with zero attached hydrogens (tertiary/aromatic N) is 4. The van der Waals surface area contributed by atoms with Gasteiger partial charge in [-0.1, -0.05) is 158 Å². The lowest BCUT2D eigenvalue weighted by atomic mass is 10.1. The molecule has 4 aromatic heterocycles. The van der Waals surface area contributed by atoms with E-state index in [1.54, 1.807) is 0 Å². The number of hydrogen-bond acceptors (Lipinski definition) is 0. The molecular weight excluding hydrogens is 777 g/mol. The molecule has 0 atom stereocenters. The average Bonchev–Trinajstić information content (AvgIpc) is 4.09. The number of aromatic nitrogens is 4. The maximum atomic E-state index is 2.52. The molecular formula is C60H38N4. The summed E-state index contributed by atoms with van der Waals surface area (Å²) in [4.78, 5) is 0. The van der Waals surface area contributed by atoms with Gasteiger partial charge in [0.25, 0.3) is 0 Å². The fourth-order valence-electron chi connectivity index (χ4n) is 10.8. The summed E-state index contributed by atoms with van der Waals surface area (Å²) in [5.41, 5.74) is 16.4. The molecule has 14 aromatic rings. The van der Waals surface area contributed by atoms with Crippen molar-refractivity contribution >= 4 is 87.2 Å². The van der Waals surface area contributed by atoms with Gasteiger partial charge in [-0.3, -0.25) is 0 Å². The zero-order chi connectivity index (χ0) is 41.9. The highest BCUT2D eigenvalue weighted by Gasteiger charge is 2.23. The van der Waals surface area contributed by atoms with E-state index in [2.05, 4.69) is 249 Å². The van der Waals surface area contributed by atoms with Crippen LogP contribution in [0.5, 0.6) is 0 Å². The van der Waals surface area contributed by atoms with Gasteiger partial charge in [0.15, 0.2) is 0 Å². The van der Waals surface area contributed by atoms with Gasteiger partial charge in [0.05, 0.1) is 44.1 Å². The van der Waals surface area contributed by atoms with Gasteiger partial charge in [-0.15, -0.1) is 0 Å². The summed E-state index contributed by atoms with van der Waals surface area (Å²) in [5.74, 6) is 0. The first-order valence-corrected chi connectivity index (χ1v) is 22.0. The fraction of sp³-hybridized carbons (Fsp3) is 0. The summed E-state index contributed by atoms with van der Waals surface area (Å²) < 4.78 is 9.88. The smallest absolute Gasteiger partial charge is 0.0788 e. The van der Waals surface area contributed by atoms with E-state index in [0.29, 0.717) is 0 Å². The van der Waals surface area contributed by atoms with Crippen LogP contribution < -0.4 is 0 Å². The second-order valence-corrected chi connectivity index (χ2v) is 16.9. The molecule has 0 radical (unpaired) electrons. The molecule has 4 nitrogen and oxygen atoms in total. The van der Waals surface area contributed by atoms with Crippen LogP contribution in [0.4, 0.5) is 0 Å². The highest BCUT2D eigenvalue weighted by Crippen LogP contribution is 2.44. The molecule has 0 unspecified atom stereocenters. The first-order valence-electron chi connectivity index (χ1n) is 22.0. The molecule has 14 rings (SSSR count). The monoisotopic (exact) mass is 814 g/mol. The normalized spacial score (nSPS) is 12.1. The van der Waals surface area contributed by atoms with Crippen LogP contribution in [0.1, 0.15) is 0 Å². The van der Waals surface area contributed by atoms with Gasteiger partial charge in [-0.2, -0.15) is 0 Å². The van der Waals surface area contributed by atoms with Crippen molar-refractivity contribution < 1.29 is 0 Å². The van der Waals surface area contributed by atoms with Crippen molar-refractivity contribution in [2.75, 3.05) is 0 Å². The zero-order valence-electron chi connectivity index (χ0n) is 34.7. The van der Waals surface area contributed by atoms with Gasteiger partial charge in [-0.25, -0.2) is 0 Å². The Morgan fingerprint density at radius 1 is 0.188 bits per heavy atom. The first-order chi connectivity index (χ1) is 31.8. The summed E-state index contributed by atoms with van der Waals surface area (Å²) in [6.45, 7) is 0. The van der Waals surface area contributed by atoms with E-state index in [-0.39, 0.29) is 0 Å². The predicted molar refractivity (Wildman–Crippen MR) is 269 cm³/mol. The lowest BCUT2D eigenvalue weighted by Crippen LogP contribution is -2.00. The molecule has 0 saturated carbocycles. The Hall–Kier alpha value is -8.60. The Kier molecular flexibility index (Phi) is 7.36. The summed E-state index contributed by atoms with van der Waals surface area (Å²) in [6, 6.07) is 84.5. The van der Waals surface area contributed by atoms with Crippen LogP contribution in [0.25, 0.3) is 121 Å². The average molecular weight is 815 g/mol. The lowest BCUT2D eigenvalue weighted by Gasteiger charge is -2.14. The van der Waals surface area contributed by atoms with Crippen LogP contribution in [0.3, 0.4) is 0 Å². The Balaban J connectivity index is 1.07. The molecule has 0 spiro atoms. The van der Waals surface area contributed by atoms with Crippen molar-refractivity contribution in [2.24, 2.45) is 0 Å². The summed E-state index contributed by atoms with van der Waals surface area (Å²) in [5, 5.41) is 9.87. The topological polar surface area (TPSA) is 19.7 Å². The maximum Gasteiger partial charge on any atom is 0.0788 e. The zero-order valence-corrected chi connectivity index (χ0v) is 34.7. The van der Waals surface area contributed by atoms with E-state index >= 15 is 0 Å². The third-order valence-corrected chi connectivity index (χ3v) is 13.5. The van der Waals surface area contributed by atoms with E-state index in [4.69, 9.17) is 0 Å². The molecule has 0 aliphatic heterocycles. The largest absolute Gasteiger partial charge is 0.309 e. The standard InChI is InChI=1S/C60H38N4/c1-3-15-39(16-4-1)40-27-29-42(30-28-40)62-54-24-12-8-20-46(54)50-34-32-44(38-58(50)62)64-56-26-14-10-22-48(56)52-36-35-51-47-21-9-13-25-55(47)63(59(51)60(52)64)43-31-33-49-45-19-7-11-23-53(45)61(57(49)37-43)41-17-5-2-6-18-41/h1-38H. The molecule has 0 N–H and O–H groups in total. The molecule has 64 heavy (non-hydrogen) atoms. The second kappa shape index (κ2) is 13.4. The molecule has 10 aromatic carbocycles. The van der Waals surface area contributed by atoms with Crippen LogP contribution in [0.15, 0.2) is 231 Å². The van der Waals surface area contributed by atoms with Gasteiger partial charge in [0.2, 0.25) is 0 Å². The number of rotatable bonds is 5. The second-order valence-electron chi connectivity index (χ2n) is 16.9. The Morgan fingerprint density at radius 2 is 0.500 bits per heavy atom. The fourth-order valence-corrected chi connectivity index (χ4v) is 10.8. The molecule has 4 heteroatoms. The van der Waals surface area contributed by atoms with Crippen LogP contribution >= 0.6 is 0 Å². The molecule has 0 saturated heterocycles. The summed E-state index contributed by atoms with van der Waals surface area (Å²) in [7, 11) is 0. The lowest BCUT2D eigenvalue weighted by molar-refractivity contribution is 1.14.